The van der Waals surface area contributed by atoms with Gasteiger partial charge in [0.25, 0.3) is 0 Å². The summed E-state index contributed by atoms with van der Waals surface area (Å²) in [6, 6.07) is 0.0894. The van der Waals surface area contributed by atoms with Gasteiger partial charge in [-0.2, -0.15) is 0 Å². The molecule has 0 saturated carbocycles. The fourth-order valence-electron chi connectivity index (χ4n) is 3.44. The van der Waals surface area contributed by atoms with E-state index >= 15 is 0 Å². The van der Waals surface area contributed by atoms with Crippen molar-refractivity contribution in [2.75, 3.05) is 0 Å². The zero-order valence-corrected chi connectivity index (χ0v) is 12.4. The first-order valence-electron chi connectivity index (χ1n) is 7.16. The molecule has 0 spiro atoms. The molecule has 22 heavy (non-hydrogen) atoms. The molecule has 1 aromatic carbocycles. The van der Waals surface area contributed by atoms with Crippen LogP contribution in [0.2, 0.25) is 0 Å². The van der Waals surface area contributed by atoms with Crippen molar-refractivity contribution in [3.63, 3.8) is 0 Å². The summed E-state index contributed by atoms with van der Waals surface area (Å²) in [5.41, 5.74) is -1.15. The van der Waals surface area contributed by atoms with Crippen LogP contribution in [0.4, 0.5) is 17.6 Å². The maximum absolute atomic E-state index is 13.8. The summed E-state index contributed by atoms with van der Waals surface area (Å²) in [5, 5.41) is -0.350. The Balaban J connectivity index is 1.94. The number of halogens is 4. The number of Topliss-reactive ketones (excluding diaryl/α,β-unsaturated/α-hetero) is 1. The maximum Gasteiger partial charge on any atom is 0.172 e. The van der Waals surface area contributed by atoms with E-state index in [0.717, 1.165) is 6.42 Å². The van der Waals surface area contributed by atoms with Gasteiger partial charge in [0.1, 0.15) is 0 Å². The van der Waals surface area contributed by atoms with Crippen LogP contribution in [-0.4, -0.2) is 20.5 Å². The van der Waals surface area contributed by atoms with Crippen LogP contribution < -0.4 is 0 Å². The van der Waals surface area contributed by atoms with Gasteiger partial charge in [-0.3, -0.25) is 9.00 Å². The van der Waals surface area contributed by atoms with Gasteiger partial charge in [0, 0.05) is 33.3 Å². The van der Waals surface area contributed by atoms with Crippen molar-refractivity contribution >= 4 is 16.6 Å². The lowest BCUT2D eigenvalue weighted by molar-refractivity contribution is 0.0884. The predicted molar refractivity (Wildman–Crippen MR) is 72.9 cm³/mol. The quantitative estimate of drug-likeness (QED) is 0.471. The van der Waals surface area contributed by atoms with Gasteiger partial charge in [0.05, 0.1) is 5.56 Å². The molecule has 1 aromatic rings. The van der Waals surface area contributed by atoms with Gasteiger partial charge in [0.15, 0.2) is 29.1 Å². The second-order valence-electron chi connectivity index (χ2n) is 5.88. The van der Waals surface area contributed by atoms with Gasteiger partial charge in [0.2, 0.25) is 0 Å². The zero-order chi connectivity index (χ0) is 16.0. The Morgan fingerprint density at radius 1 is 1.00 bits per heavy atom. The highest BCUT2D eigenvalue weighted by molar-refractivity contribution is 7.86. The van der Waals surface area contributed by atoms with E-state index in [2.05, 4.69) is 0 Å². The molecule has 0 amide bonds. The summed E-state index contributed by atoms with van der Waals surface area (Å²) >= 11 is 0. The molecule has 2 aliphatic rings. The molecule has 0 N–H and O–H groups in total. The first-order valence-corrected chi connectivity index (χ1v) is 8.44. The van der Waals surface area contributed by atoms with E-state index in [-0.39, 0.29) is 29.4 Å². The average molecular weight is 334 g/mol. The Kier molecular flexibility index (Phi) is 4.09. The molecular weight excluding hydrogens is 320 g/mol. The van der Waals surface area contributed by atoms with Crippen molar-refractivity contribution in [2.24, 2.45) is 5.92 Å². The topological polar surface area (TPSA) is 34.1 Å². The van der Waals surface area contributed by atoms with Crippen molar-refractivity contribution < 1.29 is 26.6 Å². The highest BCUT2D eigenvalue weighted by atomic mass is 32.2. The Labute approximate surface area is 127 Å². The van der Waals surface area contributed by atoms with Crippen LogP contribution in [0.5, 0.6) is 0 Å². The molecule has 2 atom stereocenters. The fourth-order valence-corrected chi connectivity index (χ4v) is 5.63. The average Bonchev–Trinajstić information content (AvgIpc) is 2.45. The Morgan fingerprint density at radius 3 is 2.00 bits per heavy atom. The van der Waals surface area contributed by atoms with Crippen LogP contribution in [0.15, 0.2) is 6.07 Å². The maximum atomic E-state index is 13.8. The lowest BCUT2D eigenvalue weighted by Crippen LogP contribution is -2.41. The van der Waals surface area contributed by atoms with Crippen LogP contribution in [-0.2, 0) is 10.8 Å². The van der Waals surface area contributed by atoms with Crippen molar-refractivity contribution in [3.05, 3.63) is 34.9 Å². The molecule has 2 unspecified atom stereocenters. The van der Waals surface area contributed by atoms with Crippen molar-refractivity contribution in [2.45, 2.75) is 42.6 Å². The number of carbonyl (C=O) groups is 1. The van der Waals surface area contributed by atoms with Crippen molar-refractivity contribution in [1.29, 1.82) is 0 Å². The molecule has 2 fully saturated rings. The van der Waals surface area contributed by atoms with Crippen molar-refractivity contribution in [1.82, 2.24) is 0 Å². The molecule has 2 aliphatic heterocycles. The number of ketones is 1. The monoisotopic (exact) mass is 334 g/mol. The number of carbonyl (C=O) groups excluding carboxylic acids is 1. The number of fused-ring (bicyclic) bond motifs is 2. The number of rotatable bonds is 2. The molecule has 3 rings (SSSR count). The summed E-state index contributed by atoms with van der Waals surface area (Å²) in [5.74, 6) is -8.13. The van der Waals surface area contributed by atoms with Crippen LogP contribution >= 0.6 is 0 Å². The van der Waals surface area contributed by atoms with Crippen LogP contribution in [0, 0.1) is 29.2 Å². The molecule has 0 radical (unpaired) electrons. The zero-order valence-electron chi connectivity index (χ0n) is 11.6. The summed E-state index contributed by atoms with van der Waals surface area (Å²) in [6.07, 6.45) is 2.82. The molecule has 2 heterocycles. The third kappa shape index (κ3) is 2.49. The van der Waals surface area contributed by atoms with Gasteiger partial charge in [-0.05, 0) is 25.7 Å². The van der Waals surface area contributed by atoms with E-state index in [4.69, 9.17) is 0 Å². The van der Waals surface area contributed by atoms with E-state index in [1.165, 1.54) is 0 Å². The van der Waals surface area contributed by atoms with E-state index in [1.54, 1.807) is 0 Å². The second kappa shape index (κ2) is 5.76. The summed E-state index contributed by atoms with van der Waals surface area (Å²) in [4.78, 5) is 12.4. The minimum Gasteiger partial charge on any atom is -0.294 e. The molecule has 0 aliphatic carbocycles. The Hall–Kier alpha value is -1.24. The van der Waals surface area contributed by atoms with Crippen LogP contribution in [0.3, 0.4) is 0 Å². The number of hydrogen-bond acceptors (Lipinski definition) is 2. The molecular formula is C15H14F4O2S. The molecule has 2 bridgehead atoms. The standard InChI is InChI=1S/C15H14F4O2S/c16-10-6-11(17)14(19)12(13(10)18)15(20)7-4-8-2-1-3-9(5-7)22(8)21/h6-9H,1-5H2. The van der Waals surface area contributed by atoms with Gasteiger partial charge in [-0.1, -0.05) is 6.42 Å². The first kappa shape index (κ1) is 15.6. The normalized spacial score (nSPS) is 31.1. The highest BCUT2D eigenvalue weighted by Crippen LogP contribution is 2.39. The summed E-state index contributed by atoms with van der Waals surface area (Å²) < 4.78 is 66.1. The van der Waals surface area contributed by atoms with Gasteiger partial charge in [-0.15, -0.1) is 0 Å². The third-order valence-electron chi connectivity index (χ3n) is 4.53. The molecule has 2 nitrogen and oxygen atoms in total. The smallest absolute Gasteiger partial charge is 0.172 e. The van der Waals surface area contributed by atoms with Crippen LogP contribution in [0.1, 0.15) is 42.5 Å². The summed E-state index contributed by atoms with van der Waals surface area (Å²) in [6.45, 7) is 0. The van der Waals surface area contributed by atoms with E-state index in [1.807, 2.05) is 0 Å². The number of benzene rings is 1. The largest absolute Gasteiger partial charge is 0.294 e. The van der Waals surface area contributed by atoms with E-state index in [0.29, 0.717) is 12.8 Å². The first-order chi connectivity index (χ1) is 10.4. The predicted octanol–water partition coefficient (Wildman–Crippen LogP) is 3.51. The molecule has 2 saturated heterocycles. The molecule has 7 heteroatoms. The fraction of sp³-hybridized carbons (Fsp3) is 0.533. The molecule has 0 aromatic heterocycles. The van der Waals surface area contributed by atoms with Gasteiger partial charge in [-0.25, -0.2) is 17.6 Å². The van der Waals surface area contributed by atoms with E-state index < -0.39 is 51.3 Å². The van der Waals surface area contributed by atoms with Gasteiger partial charge >= 0.3 is 0 Å². The minimum atomic E-state index is -1.65. The third-order valence-corrected chi connectivity index (χ3v) is 6.70. The van der Waals surface area contributed by atoms with E-state index in [9.17, 15) is 26.6 Å². The SMILES string of the molecule is O=C(c1c(F)c(F)cc(F)c1F)C1CC2CCCC(C1)S2=O. The lowest BCUT2D eigenvalue weighted by atomic mass is 9.84. The van der Waals surface area contributed by atoms with Gasteiger partial charge < -0.3 is 0 Å². The second-order valence-corrected chi connectivity index (χ2v) is 7.87. The van der Waals surface area contributed by atoms with Crippen molar-refractivity contribution in [3.8, 4) is 0 Å². The molecule has 120 valence electrons. The highest BCUT2D eigenvalue weighted by Gasteiger charge is 2.42. The Bertz CT molecular complexity index is 619. The number of hydrogen-bond donors (Lipinski definition) is 0. The van der Waals surface area contributed by atoms with Crippen LogP contribution in [0.25, 0.3) is 0 Å². The summed E-state index contributed by atoms with van der Waals surface area (Å²) in [7, 11) is -1.04. The minimum absolute atomic E-state index is 0.0894. The lowest BCUT2D eigenvalue weighted by Gasteiger charge is -2.37. The Morgan fingerprint density at radius 2 is 1.50 bits per heavy atom.